The minimum atomic E-state index is -0.484. The zero-order valence-corrected chi connectivity index (χ0v) is 8.84. The summed E-state index contributed by atoms with van der Waals surface area (Å²) in [4.78, 5) is 19.3. The zero-order chi connectivity index (χ0) is 11.5. The lowest BCUT2D eigenvalue weighted by molar-refractivity contribution is 0.1000. The van der Waals surface area contributed by atoms with Gasteiger partial charge in [-0.1, -0.05) is 6.07 Å². The second-order valence-electron chi connectivity index (χ2n) is 3.49. The predicted molar refractivity (Wildman–Crippen MR) is 60.7 cm³/mol. The summed E-state index contributed by atoms with van der Waals surface area (Å²) in [5.41, 5.74) is 8.08. The molecule has 1 amide bonds. The van der Waals surface area contributed by atoms with E-state index in [0.29, 0.717) is 5.56 Å². The first-order chi connectivity index (χ1) is 7.66. The number of rotatable bonds is 2. The van der Waals surface area contributed by atoms with E-state index < -0.39 is 5.91 Å². The maximum absolute atomic E-state index is 11.0. The fourth-order valence-corrected chi connectivity index (χ4v) is 1.42. The van der Waals surface area contributed by atoms with E-state index in [-0.39, 0.29) is 0 Å². The van der Waals surface area contributed by atoms with Crippen molar-refractivity contribution in [1.82, 2.24) is 9.97 Å². The first kappa shape index (κ1) is 10.3. The molecule has 0 saturated carbocycles. The van der Waals surface area contributed by atoms with E-state index in [0.717, 1.165) is 17.0 Å². The summed E-state index contributed by atoms with van der Waals surface area (Å²) in [6, 6.07) is 7.38. The van der Waals surface area contributed by atoms with E-state index in [1.54, 1.807) is 12.3 Å². The Labute approximate surface area is 93.2 Å². The fourth-order valence-electron chi connectivity index (χ4n) is 1.42. The number of nitrogens with zero attached hydrogens (tertiary/aromatic N) is 2. The summed E-state index contributed by atoms with van der Waals surface area (Å²) in [5, 5.41) is 0. The molecule has 4 nitrogen and oxygen atoms in total. The van der Waals surface area contributed by atoms with Crippen molar-refractivity contribution in [3.05, 3.63) is 47.9 Å². The molecular formula is C12H11N3O. The van der Waals surface area contributed by atoms with E-state index >= 15 is 0 Å². The van der Waals surface area contributed by atoms with Gasteiger partial charge in [0.2, 0.25) is 5.91 Å². The van der Waals surface area contributed by atoms with Gasteiger partial charge >= 0.3 is 0 Å². The summed E-state index contributed by atoms with van der Waals surface area (Å²) in [6.45, 7) is 1.91. The smallest absolute Gasteiger partial charge is 0.250 e. The van der Waals surface area contributed by atoms with Crippen LogP contribution in [0.3, 0.4) is 0 Å². The first-order valence-electron chi connectivity index (χ1n) is 4.86. The molecule has 0 spiro atoms. The molecule has 16 heavy (non-hydrogen) atoms. The Kier molecular flexibility index (Phi) is 2.64. The van der Waals surface area contributed by atoms with Crippen molar-refractivity contribution in [2.45, 2.75) is 6.92 Å². The monoisotopic (exact) mass is 213 g/mol. The highest BCUT2D eigenvalue weighted by molar-refractivity contribution is 5.93. The van der Waals surface area contributed by atoms with Crippen LogP contribution in [0, 0.1) is 6.92 Å². The summed E-state index contributed by atoms with van der Waals surface area (Å²) in [6.07, 6.45) is 3.11. The van der Waals surface area contributed by atoms with Crippen LogP contribution in [-0.2, 0) is 0 Å². The largest absolute Gasteiger partial charge is 0.366 e. The third kappa shape index (κ3) is 2.06. The van der Waals surface area contributed by atoms with Gasteiger partial charge in [0.15, 0.2) is 0 Å². The van der Waals surface area contributed by atoms with Crippen LogP contribution in [-0.4, -0.2) is 15.9 Å². The van der Waals surface area contributed by atoms with Crippen molar-refractivity contribution in [2.75, 3.05) is 0 Å². The number of hydrogen-bond acceptors (Lipinski definition) is 3. The van der Waals surface area contributed by atoms with Crippen LogP contribution in [0.1, 0.15) is 16.1 Å². The second kappa shape index (κ2) is 4.10. The van der Waals surface area contributed by atoms with Crippen molar-refractivity contribution in [2.24, 2.45) is 5.73 Å². The lowest BCUT2D eigenvalue weighted by Gasteiger charge is -2.02. The predicted octanol–water partition coefficient (Wildman–Crippen LogP) is 1.55. The molecule has 2 aromatic heterocycles. The van der Waals surface area contributed by atoms with E-state index in [1.807, 2.05) is 25.1 Å². The first-order valence-corrected chi connectivity index (χ1v) is 4.86. The molecule has 0 bridgehead atoms. The third-order valence-corrected chi connectivity index (χ3v) is 2.21. The van der Waals surface area contributed by atoms with Crippen molar-refractivity contribution in [1.29, 1.82) is 0 Å². The molecule has 0 atom stereocenters. The van der Waals surface area contributed by atoms with Gasteiger partial charge in [0.25, 0.3) is 0 Å². The molecule has 0 unspecified atom stereocenters. The summed E-state index contributed by atoms with van der Waals surface area (Å²) in [5.74, 6) is -0.484. The molecule has 80 valence electrons. The highest BCUT2D eigenvalue weighted by Gasteiger charge is 2.04. The normalized spacial score (nSPS) is 10.1. The highest BCUT2D eigenvalue weighted by atomic mass is 16.1. The maximum Gasteiger partial charge on any atom is 0.250 e. The zero-order valence-electron chi connectivity index (χ0n) is 8.84. The maximum atomic E-state index is 11.0. The number of carbonyl (C=O) groups excluding carboxylic acids is 1. The Morgan fingerprint density at radius 1 is 1.31 bits per heavy atom. The lowest BCUT2D eigenvalue weighted by atomic mass is 10.1. The van der Waals surface area contributed by atoms with Crippen LogP contribution in [0.4, 0.5) is 0 Å². The highest BCUT2D eigenvalue weighted by Crippen LogP contribution is 2.16. The molecular weight excluding hydrogens is 202 g/mol. The molecule has 4 heteroatoms. The molecule has 0 saturated heterocycles. The number of primary amides is 1. The van der Waals surface area contributed by atoms with Gasteiger partial charge in [0.05, 0.1) is 11.3 Å². The Morgan fingerprint density at radius 2 is 2.12 bits per heavy atom. The molecule has 0 aliphatic carbocycles. The molecule has 2 heterocycles. The Hall–Kier alpha value is -2.23. The summed E-state index contributed by atoms with van der Waals surface area (Å²) < 4.78 is 0. The minimum absolute atomic E-state index is 0.390. The average molecular weight is 213 g/mol. The molecule has 2 aromatic rings. The third-order valence-electron chi connectivity index (χ3n) is 2.21. The van der Waals surface area contributed by atoms with Gasteiger partial charge in [0.1, 0.15) is 0 Å². The molecule has 2 rings (SSSR count). The van der Waals surface area contributed by atoms with Gasteiger partial charge in [-0.25, -0.2) is 0 Å². The van der Waals surface area contributed by atoms with Gasteiger partial charge in [-0.3, -0.25) is 14.8 Å². The van der Waals surface area contributed by atoms with E-state index in [9.17, 15) is 4.79 Å². The molecule has 0 aliphatic rings. The standard InChI is InChI=1S/C12H11N3O/c1-8-3-2-4-11(15-8)9-5-10(12(13)16)7-14-6-9/h2-7H,1H3,(H2,13,16). The van der Waals surface area contributed by atoms with Crippen molar-refractivity contribution in [3.8, 4) is 11.3 Å². The van der Waals surface area contributed by atoms with Gasteiger partial charge in [-0.2, -0.15) is 0 Å². The van der Waals surface area contributed by atoms with E-state index in [4.69, 9.17) is 5.73 Å². The number of nitrogens with two attached hydrogens (primary N) is 1. The van der Waals surface area contributed by atoms with Gasteiger partial charge in [-0.05, 0) is 25.1 Å². The molecule has 0 aliphatic heterocycles. The Morgan fingerprint density at radius 3 is 2.81 bits per heavy atom. The topological polar surface area (TPSA) is 68.9 Å². The van der Waals surface area contributed by atoms with Gasteiger partial charge in [0, 0.05) is 23.7 Å². The van der Waals surface area contributed by atoms with Crippen LogP contribution in [0.5, 0.6) is 0 Å². The summed E-state index contributed by atoms with van der Waals surface area (Å²) >= 11 is 0. The minimum Gasteiger partial charge on any atom is -0.366 e. The second-order valence-corrected chi connectivity index (χ2v) is 3.49. The fraction of sp³-hybridized carbons (Fsp3) is 0.0833. The number of carbonyl (C=O) groups is 1. The van der Waals surface area contributed by atoms with Crippen molar-refractivity contribution >= 4 is 5.91 Å². The SMILES string of the molecule is Cc1cccc(-c2cncc(C(N)=O)c2)n1. The number of aryl methyl sites for hydroxylation is 1. The Balaban J connectivity index is 2.48. The number of pyridine rings is 2. The molecule has 0 aromatic carbocycles. The van der Waals surface area contributed by atoms with Gasteiger partial charge in [-0.15, -0.1) is 0 Å². The van der Waals surface area contributed by atoms with Crippen LogP contribution in [0.2, 0.25) is 0 Å². The molecule has 0 radical (unpaired) electrons. The van der Waals surface area contributed by atoms with Gasteiger partial charge < -0.3 is 5.73 Å². The molecule has 2 N–H and O–H groups in total. The lowest BCUT2D eigenvalue weighted by Crippen LogP contribution is -2.11. The van der Waals surface area contributed by atoms with Crippen LogP contribution in [0.25, 0.3) is 11.3 Å². The van der Waals surface area contributed by atoms with E-state index in [2.05, 4.69) is 9.97 Å². The average Bonchev–Trinajstić information content (AvgIpc) is 2.29. The Bertz CT molecular complexity index is 537. The van der Waals surface area contributed by atoms with Crippen molar-refractivity contribution < 1.29 is 4.79 Å². The number of amides is 1. The van der Waals surface area contributed by atoms with Crippen LogP contribution < -0.4 is 5.73 Å². The van der Waals surface area contributed by atoms with Crippen LogP contribution >= 0.6 is 0 Å². The number of hydrogen-bond donors (Lipinski definition) is 1. The quantitative estimate of drug-likeness (QED) is 0.822. The van der Waals surface area contributed by atoms with E-state index in [1.165, 1.54) is 6.20 Å². The summed E-state index contributed by atoms with van der Waals surface area (Å²) in [7, 11) is 0. The molecule has 0 fully saturated rings. The van der Waals surface area contributed by atoms with Crippen LogP contribution in [0.15, 0.2) is 36.7 Å². The number of aromatic nitrogens is 2. The van der Waals surface area contributed by atoms with Crippen molar-refractivity contribution in [3.63, 3.8) is 0 Å².